The minimum Gasteiger partial charge on any atom is -0.370 e. The predicted molar refractivity (Wildman–Crippen MR) is 62.4 cm³/mol. The molecule has 0 aliphatic carbocycles. The standard InChI is InChI=1S/C10H17N3OS/c1-13(7-9-3-2-4-15-9)8(6-11)5-10(12)14/h2-4,8H,5-7,11H2,1H3,(H2,12,14). The fraction of sp³-hybridized carbons (Fsp3) is 0.500. The molecule has 15 heavy (non-hydrogen) atoms. The molecule has 0 saturated carbocycles. The van der Waals surface area contributed by atoms with Crippen LogP contribution in [0.15, 0.2) is 17.5 Å². The lowest BCUT2D eigenvalue weighted by Gasteiger charge is -2.25. The number of likely N-dealkylation sites (N-methyl/N-ethyl adjacent to an activating group) is 1. The number of nitrogens with two attached hydrogens (primary N) is 2. The van der Waals surface area contributed by atoms with Crippen LogP contribution in [-0.4, -0.2) is 30.4 Å². The minimum atomic E-state index is -0.302. The zero-order valence-corrected chi connectivity index (χ0v) is 9.67. The van der Waals surface area contributed by atoms with Gasteiger partial charge in [0.1, 0.15) is 0 Å². The first-order valence-electron chi connectivity index (χ1n) is 4.84. The van der Waals surface area contributed by atoms with Crippen LogP contribution in [0.4, 0.5) is 0 Å². The highest BCUT2D eigenvalue weighted by molar-refractivity contribution is 7.09. The average molecular weight is 227 g/mol. The van der Waals surface area contributed by atoms with E-state index in [-0.39, 0.29) is 11.9 Å². The third-order valence-electron chi connectivity index (χ3n) is 2.32. The number of carbonyl (C=O) groups is 1. The van der Waals surface area contributed by atoms with Crippen molar-refractivity contribution < 1.29 is 4.79 Å². The highest BCUT2D eigenvalue weighted by Gasteiger charge is 2.15. The summed E-state index contributed by atoms with van der Waals surface area (Å²) in [4.78, 5) is 14.1. The van der Waals surface area contributed by atoms with E-state index in [0.29, 0.717) is 13.0 Å². The maximum absolute atomic E-state index is 10.8. The number of primary amides is 1. The highest BCUT2D eigenvalue weighted by atomic mass is 32.1. The Hall–Kier alpha value is -0.910. The fourth-order valence-electron chi connectivity index (χ4n) is 1.43. The van der Waals surface area contributed by atoms with Gasteiger partial charge in [0.2, 0.25) is 5.91 Å². The number of amides is 1. The Morgan fingerprint density at radius 1 is 1.67 bits per heavy atom. The second-order valence-electron chi connectivity index (χ2n) is 3.55. The molecule has 0 saturated heterocycles. The molecule has 1 rings (SSSR count). The van der Waals surface area contributed by atoms with Crippen LogP contribution >= 0.6 is 11.3 Å². The zero-order chi connectivity index (χ0) is 11.3. The van der Waals surface area contributed by atoms with Crippen molar-refractivity contribution in [2.75, 3.05) is 13.6 Å². The Labute approximate surface area is 93.9 Å². The SMILES string of the molecule is CN(Cc1cccs1)C(CN)CC(N)=O. The van der Waals surface area contributed by atoms with Gasteiger partial charge in [0.05, 0.1) is 0 Å². The van der Waals surface area contributed by atoms with Gasteiger partial charge in [-0.2, -0.15) is 0 Å². The van der Waals surface area contributed by atoms with E-state index in [1.54, 1.807) is 11.3 Å². The van der Waals surface area contributed by atoms with Gasteiger partial charge in [0, 0.05) is 30.4 Å². The van der Waals surface area contributed by atoms with Crippen molar-refractivity contribution in [1.29, 1.82) is 0 Å². The topological polar surface area (TPSA) is 72.3 Å². The summed E-state index contributed by atoms with van der Waals surface area (Å²) in [6.45, 7) is 1.26. The van der Waals surface area contributed by atoms with E-state index >= 15 is 0 Å². The van der Waals surface area contributed by atoms with Crippen LogP contribution in [0.25, 0.3) is 0 Å². The summed E-state index contributed by atoms with van der Waals surface area (Å²) in [5.74, 6) is -0.302. The lowest BCUT2D eigenvalue weighted by Crippen LogP contribution is -2.40. The van der Waals surface area contributed by atoms with Crippen LogP contribution in [0.5, 0.6) is 0 Å². The Balaban J connectivity index is 2.49. The van der Waals surface area contributed by atoms with Gasteiger partial charge in [0.25, 0.3) is 0 Å². The lowest BCUT2D eigenvalue weighted by molar-refractivity contribution is -0.119. The molecule has 1 atom stereocenters. The number of hydrogen-bond donors (Lipinski definition) is 2. The summed E-state index contributed by atoms with van der Waals surface area (Å²) in [7, 11) is 1.96. The van der Waals surface area contributed by atoms with Crippen LogP contribution in [0.1, 0.15) is 11.3 Å². The quantitative estimate of drug-likeness (QED) is 0.738. The second-order valence-corrected chi connectivity index (χ2v) is 4.59. The fourth-order valence-corrected chi connectivity index (χ4v) is 2.20. The molecule has 0 radical (unpaired) electrons. The van der Waals surface area contributed by atoms with Gasteiger partial charge < -0.3 is 11.5 Å². The number of carbonyl (C=O) groups excluding carboxylic acids is 1. The van der Waals surface area contributed by atoms with E-state index in [0.717, 1.165) is 6.54 Å². The van der Waals surface area contributed by atoms with Gasteiger partial charge in [0.15, 0.2) is 0 Å². The molecule has 1 unspecified atom stereocenters. The molecule has 0 bridgehead atoms. The number of hydrogen-bond acceptors (Lipinski definition) is 4. The molecule has 5 heteroatoms. The normalized spacial score (nSPS) is 13.0. The molecule has 0 fully saturated rings. The lowest BCUT2D eigenvalue weighted by atomic mass is 10.1. The van der Waals surface area contributed by atoms with Crippen molar-refractivity contribution in [3.8, 4) is 0 Å². The first kappa shape index (κ1) is 12.2. The second kappa shape index (κ2) is 5.85. The van der Waals surface area contributed by atoms with E-state index in [4.69, 9.17) is 11.5 Å². The van der Waals surface area contributed by atoms with Crippen molar-refractivity contribution in [1.82, 2.24) is 4.90 Å². The average Bonchev–Trinajstić information content (AvgIpc) is 2.66. The maximum Gasteiger partial charge on any atom is 0.219 e. The van der Waals surface area contributed by atoms with Crippen LogP contribution in [0, 0.1) is 0 Å². The number of thiophene rings is 1. The highest BCUT2D eigenvalue weighted by Crippen LogP contribution is 2.13. The summed E-state index contributed by atoms with van der Waals surface area (Å²) < 4.78 is 0. The molecular formula is C10H17N3OS. The summed E-state index contributed by atoms with van der Waals surface area (Å²) >= 11 is 1.70. The van der Waals surface area contributed by atoms with E-state index in [2.05, 4.69) is 11.0 Å². The Bertz CT molecular complexity index is 300. The minimum absolute atomic E-state index is 0.0320. The van der Waals surface area contributed by atoms with Crippen LogP contribution in [-0.2, 0) is 11.3 Å². The predicted octanol–water partition coefficient (Wildman–Crippen LogP) is 0.383. The van der Waals surface area contributed by atoms with Gasteiger partial charge in [-0.15, -0.1) is 11.3 Å². The third kappa shape index (κ3) is 3.99. The molecule has 1 amide bonds. The summed E-state index contributed by atoms with van der Waals surface area (Å²) in [6.07, 6.45) is 0.318. The third-order valence-corrected chi connectivity index (χ3v) is 3.18. The molecule has 0 aliphatic rings. The summed E-state index contributed by atoms with van der Waals surface area (Å²) in [6, 6.07) is 4.11. The van der Waals surface area contributed by atoms with Gasteiger partial charge in [-0.25, -0.2) is 0 Å². The van der Waals surface area contributed by atoms with E-state index in [1.165, 1.54) is 4.88 Å². The van der Waals surface area contributed by atoms with Gasteiger partial charge in [-0.1, -0.05) is 6.07 Å². The largest absolute Gasteiger partial charge is 0.370 e. The van der Waals surface area contributed by atoms with Crippen LogP contribution < -0.4 is 11.5 Å². The molecule has 0 aromatic carbocycles. The van der Waals surface area contributed by atoms with Gasteiger partial charge in [-0.3, -0.25) is 9.69 Å². The summed E-state index contributed by atoms with van der Waals surface area (Å²) in [5, 5.41) is 2.04. The molecular weight excluding hydrogens is 210 g/mol. The molecule has 0 aliphatic heterocycles. The van der Waals surface area contributed by atoms with E-state index in [1.807, 2.05) is 18.5 Å². The van der Waals surface area contributed by atoms with Crippen molar-refractivity contribution >= 4 is 17.2 Å². The summed E-state index contributed by atoms with van der Waals surface area (Å²) in [5.41, 5.74) is 10.8. The van der Waals surface area contributed by atoms with Crippen LogP contribution in [0.2, 0.25) is 0 Å². The first-order chi connectivity index (χ1) is 7.13. The number of nitrogens with zero attached hydrogens (tertiary/aromatic N) is 1. The molecule has 1 heterocycles. The smallest absolute Gasteiger partial charge is 0.219 e. The van der Waals surface area contributed by atoms with Crippen molar-refractivity contribution in [2.24, 2.45) is 11.5 Å². The van der Waals surface area contributed by atoms with Crippen molar-refractivity contribution in [2.45, 2.75) is 19.0 Å². The monoisotopic (exact) mass is 227 g/mol. The molecule has 4 nitrogen and oxygen atoms in total. The number of rotatable bonds is 6. The van der Waals surface area contributed by atoms with Crippen LogP contribution in [0.3, 0.4) is 0 Å². The van der Waals surface area contributed by atoms with Crippen molar-refractivity contribution in [3.05, 3.63) is 22.4 Å². The van der Waals surface area contributed by atoms with Gasteiger partial charge in [-0.05, 0) is 18.5 Å². The maximum atomic E-state index is 10.8. The van der Waals surface area contributed by atoms with E-state index < -0.39 is 0 Å². The molecule has 1 aromatic rings. The Morgan fingerprint density at radius 3 is 2.87 bits per heavy atom. The van der Waals surface area contributed by atoms with E-state index in [9.17, 15) is 4.79 Å². The van der Waals surface area contributed by atoms with Gasteiger partial charge >= 0.3 is 0 Å². The molecule has 4 N–H and O–H groups in total. The first-order valence-corrected chi connectivity index (χ1v) is 5.72. The molecule has 0 spiro atoms. The molecule has 1 aromatic heterocycles. The van der Waals surface area contributed by atoms with Crippen molar-refractivity contribution in [3.63, 3.8) is 0 Å². The molecule has 84 valence electrons. The Morgan fingerprint density at radius 2 is 2.40 bits per heavy atom. The Kier molecular flexibility index (Phi) is 4.74. The zero-order valence-electron chi connectivity index (χ0n) is 8.85.